The smallest absolute Gasteiger partial charge is 0.107 e. The van der Waals surface area contributed by atoms with Crippen LogP contribution in [0.5, 0.6) is 0 Å². The number of para-hydroxylation sites is 2. The van der Waals surface area contributed by atoms with Crippen molar-refractivity contribution in [3.05, 3.63) is 40.3 Å². The summed E-state index contributed by atoms with van der Waals surface area (Å²) in [4.78, 5) is 9.38. The molecule has 0 amide bonds. The van der Waals surface area contributed by atoms with Crippen molar-refractivity contribution in [3.63, 3.8) is 0 Å². The largest absolute Gasteiger partial charge is 0.397 e. The van der Waals surface area contributed by atoms with Gasteiger partial charge in [-0.3, -0.25) is 4.90 Å². The van der Waals surface area contributed by atoms with E-state index in [0.717, 1.165) is 49.8 Å². The highest BCUT2D eigenvalue weighted by molar-refractivity contribution is 7.09. The van der Waals surface area contributed by atoms with Crippen LogP contribution in [0.4, 0.5) is 11.4 Å². The number of aromatic nitrogens is 1. The molecule has 1 fully saturated rings. The molecule has 3 rings (SSSR count). The highest BCUT2D eigenvalue weighted by Crippen LogP contribution is 2.24. The third-order valence-electron chi connectivity index (χ3n) is 3.68. The summed E-state index contributed by atoms with van der Waals surface area (Å²) < 4.78 is 0. The molecule has 0 unspecified atom stereocenters. The second kappa shape index (κ2) is 5.81. The molecule has 4 nitrogen and oxygen atoms in total. The lowest BCUT2D eigenvalue weighted by molar-refractivity contribution is 0.249. The van der Waals surface area contributed by atoms with Crippen LogP contribution in [0.3, 0.4) is 0 Å². The number of nitrogens with zero attached hydrogens (tertiary/aromatic N) is 3. The number of nitrogens with two attached hydrogens (primary N) is 1. The number of anilines is 2. The molecule has 1 aliphatic heterocycles. The van der Waals surface area contributed by atoms with Crippen molar-refractivity contribution < 1.29 is 0 Å². The van der Waals surface area contributed by atoms with E-state index >= 15 is 0 Å². The first-order chi connectivity index (χ1) is 9.72. The van der Waals surface area contributed by atoms with Crippen LogP contribution in [0.25, 0.3) is 0 Å². The van der Waals surface area contributed by atoms with Crippen molar-refractivity contribution in [1.29, 1.82) is 0 Å². The monoisotopic (exact) mass is 288 g/mol. The maximum Gasteiger partial charge on any atom is 0.107 e. The minimum atomic E-state index is 0.872. The summed E-state index contributed by atoms with van der Waals surface area (Å²) in [5, 5.41) is 3.34. The van der Waals surface area contributed by atoms with Gasteiger partial charge in [0, 0.05) is 37.3 Å². The molecule has 0 bridgehead atoms. The summed E-state index contributed by atoms with van der Waals surface area (Å²) in [6.07, 6.45) is 0. The van der Waals surface area contributed by atoms with Crippen LogP contribution >= 0.6 is 11.3 Å². The predicted molar refractivity (Wildman–Crippen MR) is 85.2 cm³/mol. The van der Waals surface area contributed by atoms with Gasteiger partial charge in [0.15, 0.2) is 0 Å². The Morgan fingerprint density at radius 3 is 2.60 bits per heavy atom. The number of benzene rings is 1. The van der Waals surface area contributed by atoms with Gasteiger partial charge in [-0.25, -0.2) is 4.98 Å². The van der Waals surface area contributed by atoms with Gasteiger partial charge in [-0.05, 0) is 19.1 Å². The summed E-state index contributed by atoms with van der Waals surface area (Å²) in [6, 6.07) is 8.12. The first kappa shape index (κ1) is 13.4. The van der Waals surface area contributed by atoms with E-state index < -0.39 is 0 Å². The lowest BCUT2D eigenvalue weighted by atomic mass is 10.2. The van der Waals surface area contributed by atoms with E-state index in [1.807, 2.05) is 12.1 Å². The van der Waals surface area contributed by atoms with Crippen molar-refractivity contribution in [1.82, 2.24) is 9.88 Å². The fourth-order valence-corrected chi connectivity index (χ4v) is 3.40. The van der Waals surface area contributed by atoms with E-state index in [2.05, 4.69) is 39.2 Å². The molecular formula is C15H20N4S. The highest BCUT2D eigenvalue weighted by Gasteiger charge is 2.19. The molecule has 2 N–H and O–H groups in total. The Morgan fingerprint density at radius 2 is 1.95 bits per heavy atom. The van der Waals surface area contributed by atoms with E-state index in [4.69, 9.17) is 5.73 Å². The minimum absolute atomic E-state index is 0.872. The van der Waals surface area contributed by atoms with Crippen LogP contribution in [0.1, 0.15) is 10.7 Å². The Bertz CT molecular complexity index is 573. The zero-order valence-corrected chi connectivity index (χ0v) is 12.6. The lowest BCUT2D eigenvalue weighted by Crippen LogP contribution is -2.46. The Balaban J connectivity index is 1.58. The fraction of sp³-hybridized carbons (Fsp3) is 0.400. The molecule has 2 aromatic rings. The Morgan fingerprint density at radius 1 is 1.20 bits per heavy atom. The molecule has 1 aromatic carbocycles. The lowest BCUT2D eigenvalue weighted by Gasteiger charge is -2.36. The molecule has 0 saturated carbocycles. The molecule has 1 aliphatic rings. The summed E-state index contributed by atoms with van der Waals surface area (Å²) in [7, 11) is 0. The quantitative estimate of drug-likeness (QED) is 0.881. The van der Waals surface area contributed by atoms with Crippen molar-refractivity contribution in [2.45, 2.75) is 13.5 Å². The SMILES string of the molecule is Cc1csc(CN2CCN(c3ccccc3N)CC2)n1. The van der Waals surface area contributed by atoms with Gasteiger partial charge in [0.1, 0.15) is 5.01 Å². The van der Waals surface area contributed by atoms with Gasteiger partial charge in [-0.15, -0.1) is 11.3 Å². The molecule has 106 valence electrons. The van der Waals surface area contributed by atoms with Gasteiger partial charge < -0.3 is 10.6 Å². The summed E-state index contributed by atoms with van der Waals surface area (Å²) >= 11 is 1.76. The van der Waals surface area contributed by atoms with Crippen molar-refractivity contribution in [2.24, 2.45) is 0 Å². The molecule has 0 atom stereocenters. The standard InChI is InChI=1S/C15H20N4S/c1-12-11-20-15(17-12)10-18-6-8-19(9-7-18)14-5-3-2-4-13(14)16/h2-5,11H,6-10,16H2,1H3. The molecule has 5 heteroatoms. The third kappa shape index (κ3) is 2.94. The number of hydrogen-bond acceptors (Lipinski definition) is 5. The molecule has 1 aromatic heterocycles. The van der Waals surface area contributed by atoms with Crippen molar-refractivity contribution in [3.8, 4) is 0 Å². The molecule has 2 heterocycles. The summed E-state index contributed by atoms with van der Waals surface area (Å²) in [6.45, 7) is 7.20. The minimum Gasteiger partial charge on any atom is -0.397 e. The van der Waals surface area contributed by atoms with Crippen LogP contribution in [0.2, 0.25) is 0 Å². The average Bonchev–Trinajstić information content (AvgIpc) is 2.86. The average molecular weight is 288 g/mol. The van der Waals surface area contributed by atoms with E-state index in [1.54, 1.807) is 11.3 Å². The van der Waals surface area contributed by atoms with Gasteiger partial charge in [0.05, 0.1) is 17.9 Å². The van der Waals surface area contributed by atoms with E-state index in [1.165, 1.54) is 5.01 Å². The molecular weight excluding hydrogens is 268 g/mol. The van der Waals surface area contributed by atoms with Gasteiger partial charge in [-0.1, -0.05) is 12.1 Å². The second-order valence-corrected chi connectivity index (χ2v) is 6.15. The number of thiazole rings is 1. The number of rotatable bonds is 3. The number of nitrogen functional groups attached to an aromatic ring is 1. The fourth-order valence-electron chi connectivity index (χ4n) is 2.59. The normalized spacial score (nSPS) is 16.6. The second-order valence-electron chi connectivity index (χ2n) is 5.20. The molecule has 0 spiro atoms. The topological polar surface area (TPSA) is 45.4 Å². The summed E-state index contributed by atoms with van der Waals surface area (Å²) in [5.41, 5.74) is 9.21. The van der Waals surface area contributed by atoms with E-state index in [-0.39, 0.29) is 0 Å². The molecule has 1 saturated heterocycles. The van der Waals surface area contributed by atoms with Crippen LogP contribution in [0, 0.1) is 6.92 Å². The first-order valence-corrected chi connectivity index (χ1v) is 7.83. The number of piperazine rings is 1. The first-order valence-electron chi connectivity index (χ1n) is 6.95. The van der Waals surface area contributed by atoms with Crippen molar-refractivity contribution in [2.75, 3.05) is 36.8 Å². The van der Waals surface area contributed by atoms with E-state index in [9.17, 15) is 0 Å². The van der Waals surface area contributed by atoms with Crippen LogP contribution in [0.15, 0.2) is 29.6 Å². The zero-order valence-electron chi connectivity index (χ0n) is 11.7. The van der Waals surface area contributed by atoms with Gasteiger partial charge in [0.2, 0.25) is 0 Å². The van der Waals surface area contributed by atoms with Gasteiger partial charge >= 0.3 is 0 Å². The highest BCUT2D eigenvalue weighted by atomic mass is 32.1. The molecule has 0 radical (unpaired) electrons. The van der Waals surface area contributed by atoms with Gasteiger partial charge in [-0.2, -0.15) is 0 Å². The van der Waals surface area contributed by atoms with Crippen LogP contribution < -0.4 is 10.6 Å². The van der Waals surface area contributed by atoms with Crippen LogP contribution in [-0.4, -0.2) is 36.1 Å². The van der Waals surface area contributed by atoms with E-state index in [0.29, 0.717) is 0 Å². The maximum atomic E-state index is 6.05. The Hall–Kier alpha value is -1.59. The van der Waals surface area contributed by atoms with Gasteiger partial charge in [0.25, 0.3) is 0 Å². The number of hydrogen-bond donors (Lipinski definition) is 1. The maximum absolute atomic E-state index is 6.05. The molecule has 0 aliphatic carbocycles. The zero-order chi connectivity index (χ0) is 13.9. The predicted octanol–water partition coefficient (Wildman–Crippen LogP) is 2.36. The Kier molecular flexibility index (Phi) is 3.89. The third-order valence-corrected chi connectivity index (χ3v) is 4.63. The summed E-state index contributed by atoms with van der Waals surface area (Å²) in [5.74, 6) is 0. The van der Waals surface area contributed by atoms with Crippen LogP contribution in [-0.2, 0) is 6.54 Å². The van der Waals surface area contributed by atoms with Crippen molar-refractivity contribution >= 4 is 22.7 Å². The number of aryl methyl sites for hydroxylation is 1. The molecule has 20 heavy (non-hydrogen) atoms. The Labute approximate surface area is 123 Å².